The van der Waals surface area contributed by atoms with Crippen molar-refractivity contribution in [2.75, 3.05) is 13.2 Å². The zero-order valence-corrected chi connectivity index (χ0v) is 56.9. The first kappa shape index (κ1) is 82.1. The Morgan fingerprint density at radius 3 is 0.929 bits per heavy atom. The Kier molecular flexibility index (Phi) is 71.9. The molecule has 0 saturated carbocycles. The lowest BCUT2D eigenvalue weighted by molar-refractivity contribution is -0.143. The lowest BCUT2D eigenvalue weighted by atomic mass is 10.0. The molecule has 84 heavy (non-hydrogen) atoms. The number of allylic oxidation sites excluding steroid dienone is 6. The number of amides is 1. The molecule has 6 heteroatoms. The smallest absolute Gasteiger partial charge is 0.305 e. The van der Waals surface area contributed by atoms with Crippen LogP contribution in [-0.2, 0) is 14.3 Å². The second-order valence-electron chi connectivity index (χ2n) is 26.3. The number of unbranched alkanes of at least 4 members (excludes halogenated alkanes) is 55. The van der Waals surface area contributed by atoms with Gasteiger partial charge in [-0.05, 0) is 83.5 Å². The van der Waals surface area contributed by atoms with E-state index in [2.05, 4.69) is 55.6 Å². The van der Waals surface area contributed by atoms with Crippen LogP contribution < -0.4 is 5.32 Å². The third kappa shape index (κ3) is 69.2. The lowest BCUT2D eigenvalue weighted by Gasteiger charge is -2.22. The molecule has 2 unspecified atom stereocenters. The molecule has 0 rings (SSSR count). The van der Waals surface area contributed by atoms with Gasteiger partial charge in [0, 0.05) is 12.8 Å². The Morgan fingerprint density at radius 1 is 0.333 bits per heavy atom. The van der Waals surface area contributed by atoms with E-state index in [4.69, 9.17) is 4.74 Å². The van der Waals surface area contributed by atoms with Gasteiger partial charge < -0.3 is 20.3 Å². The van der Waals surface area contributed by atoms with Crippen molar-refractivity contribution in [2.24, 2.45) is 0 Å². The minimum absolute atomic E-state index is 0.0110. The third-order valence-corrected chi connectivity index (χ3v) is 17.9. The summed E-state index contributed by atoms with van der Waals surface area (Å²) in [5.41, 5.74) is 0. The molecule has 0 aromatic rings. The summed E-state index contributed by atoms with van der Waals surface area (Å²) in [5.74, 6) is -0.0180. The molecule has 0 heterocycles. The largest absolute Gasteiger partial charge is 0.466 e. The predicted molar refractivity (Wildman–Crippen MR) is 370 cm³/mol. The molecule has 0 aliphatic heterocycles. The van der Waals surface area contributed by atoms with Crippen LogP contribution in [0.1, 0.15) is 425 Å². The predicted octanol–water partition coefficient (Wildman–Crippen LogP) is 25.0. The maximum absolute atomic E-state index is 12.5. The van der Waals surface area contributed by atoms with E-state index in [1.165, 1.54) is 340 Å². The highest BCUT2D eigenvalue weighted by atomic mass is 16.5. The van der Waals surface area contributed by atoms with Gasteiger partial charge >= 0.3 is 5.97 Å². The Bertz CT molecular complexity index is 1360. The van der Waals surface area contributed by atoms with Gasteiger partial charge in [0.05, 0.1) is 25.4 Å². The summed E-state index contributed by atoms with van der Waals surface area (Å²) in [6.45, 7) is 4.97. The van der Waals surface area contributed by atoms with Gasteiger partial charge in [-0.15, -0.1) is 0 Å². The second-order valence-corrected chi connectivity index (χ2v) is 26.3. The summed E-state index contributed by atoms with van der Waals surface area (Å²) in [6.07, 6.45) is 95.0. The van der Waals surface area contributed by atoms with E-state index >= 15 is 0 Å². The molecule has 496 valence electrons. The van der Waals surface area contributed by atoms with Crippen LogP contribution in [0.4, 0.5) is 0 Å². The summed E-state index contributed by atoms with van der Waals surface area (Å²) in [6, 6.07) is -0.541. The number of aliphatic hydroxyl groups excluding tert-OH is 2. The number of hydrogen-bond donors (Lipinski definition) is 3. The highest BCUT2D eigenvalue weighted by molar-refractivity contribution is 5.76. The fourth-order valence-corrected chi connectivity index (χ4v) is 12.1. The van der Waals surface area contributed by atoms with Gasteiger partial charge in [-0.1, -0.05) is 365 Å². The minimum Gasteiger partial charge on any atom is -0.466 e. The molecule has 0 aromatic heterocycles. The topological polar surface area (TPSA) is 95.9 Å². The van der Waals surface area contributed by atoms with Crippen LogP contribution in [-0.4, -0.2) is 47.4 Å². The van der Waals surface area contributed by atoms with Crippen LogP contribution in [0.3, 0.4) is 0 Å². The normalized spacial score (nSPS) is 12.7. The molecule has 2 atom stereocenters. The van der Waals surface area contributed by atoms with Crippen molar-refractivity contribution >= 4 is 11.9 Å². The average molecular weight is 1180 g/mol. The number of carbonyl (C=O) groups excluding carboxylic acids is 2. The summed E-state index contributed by atoms with van der Waals surface area (Å²) in [4.78, 5) is 24.7. The number of esters is 1. The van der Waals surface area contributed by atoms with E-state index < -0.39 is 12.1 Å². The molecule has 0 fully saturated rings. The first-order valence-corrected chi connectivity index (χ1v) is 38.2. The number of hydrogen-bond acceptors (Lipinski definition) is 5. The van der Waals surface area contributed by atoms with Gasteiger partial charge in [0.1, 0.15) is 0 Å². The van der Waals surface area contributed by atoms with E-state index in [0.717, 1.165) is 51.4 Å². The number of ether oxygens (including phenoxy) is 1. The Hall–Kier alpha value is -1.92. The molecule has 0 aliphatic carbocycles. The van der Waals surface area contributed by atoms with Gasteiger partial charge in [0.2, 0.25) is 5.91 Å². The molecule has 3 N–H and O–H groups in total. The minimum atomic E-state index is -0.664. The lowest BCUT2D eigenvalue weighted by Crippen LogP contribution is -2.45. The molecule has 0 aromatic carbocycles. The highest BCUT2D eigenvalue weighted by Gasteiger charge is 2.20. The molecular formula is C78H149NO5. The number of aliphatic hydroxyl groups is 2. The fraction of sp³-hybridized carbons (Fsp3) is 0.897. The Labute approximate surface area is 525 Å². The maximum atomic E-state index is 12.5. The van der Waals surface area contributed by atoms with E-state index in [1.54, 1.807) is 0 Å². The molecule has 0 aliphatic rings. The molecule has 1 amide bonds. The number of nitrogens with one attached hydrogen (secondary N) is 1. The van der Waals surface area contributed by atoms with Crippen LogP contribution in [0.2, 0.25) is 0 Å². The third-order valence-electron chi connectivity index (χ3n) is 17.9. The molecule has 0 spiro atoms. The van der Waals surface area contributed by atoms with Crippen LogP contribution in [0.5, 0.6) is 0 Å². The molecule has 0 bridgehead atoms. The van der Waals surface area contributed by atoms with Crippen molar-refractivity contribution in [3.05, 3.63) is 36.5 Å². The zero-order valence-electron chi connectivity index (χ0n) is 56.9. The van der Waals surface area contributed by atoms with Gasteiger partial charge in [0.25, 0.3) is 0 Å². The van der Waals surface area contributed by atoms with Crippen molar-refractivity contribution in [3.8, 4) is 0 Å². The standard InChI is InChI=1S/C78H149NO5/c1-3-5-7-9-11-13-15-17-19-21-38-42-46-50-54-58-62-66-70-76(81)75(74-80)79-77(82)71-67-63-59-55-51-47-43-39-36-34-32-30-28-26-24-23-25-27-29-31-33-35-37-41-45-49-53-57-61-65-69-73-84-78(83)72-68-64-60-56-52-48-44-40-22-20-18-16-14-12-10-8-6-4-2/h14,16,20,22,25,27,75-76,80-81H,3-13,15,17-19,21,23-24,26,28-74H2,1-2H3,(H,79,82)/b16-14-,22-20-,27-25-. The zero-order chi connectivity index (χ0) is 60.6. The van der Waals surface area contributed by atoms with Crippen molar-refractivity contribution in [2.45, 2.75) is 437 Å². The first-order chi connectivity index (χ1) is 41.5. The SMILES string of the molecule is CCCCCC/C=C\C/C=C\CCCCCCCCCC(=O)OCCCCCCCCCCCCCC/C=C\CCCCCCCCCCCCCCCCCC(=O)NC(CO)C(O)CCCCCCCCCCCCCCCCCCCC. The van der Waals surface area contributed by atoms with Crippen LogP contribution in [0.15, 0.2) is 36.5 Å². The maximum Gasteiger partial charge on any atom is 0.305 e. The Morgan fingerprint density at radius 2 is 0.595 bits per heavy atom. The summed E-state index contributed by atoms with van der Waals surface area (Å²) in [7, 11) is 0. The van der Waals surface area contributed by atoms with Gasteiger partial charge in [-0.3, -0.25) is 9.59 Å². The van der Waals surface area contributed by atoms with E-state index in [9.17, 15) is 19.8 Å². The summed E-state index contributed by atoms with van der Waals surface area (Å²) >= 11 is 0. The summed E-state index contributed by atoms with van der Waals surface area (Å²) < 4.78 is 5.51. The van der Waals surface area contributed by atoms with Crippen molar-refractivity contribution in [1.82, 2.24) is 5.32 Å². The summed E-state index contributed by atoms with van der Waals surface area (Å²) in [5, 5.41) is 23.4. The van der Waals surface area contributed by atoms with Crippen LogP contribution >= 0.6 is 0 Å². The fourth-order valence-electron chi connectivity index (χ4n) is 12.1. The van der Waals surface area contributed by atoms with E-state index in [1.807, 2.05) is 0 Å². The Balaban J connectivity index is 3.36. The van der Waals surface area contributed by atoms with Crippen LogP contribution in [0, 0.1) is 0 Å². The first-order valence-electron chi connectivity index (χ1n) is 38.2. The monoisotopic (exact) mass is 1180 g/mol. The van der Waals surface area contributed by atoms with Crippen molar-refractivity contribution in [1.29, 1.82) is 0 Å². The van der Waals surface area contributed by atoms with Crippen molar-refractivity contribution in [3.63, 3.8) is 0 Å². The highest BCUT2D eigenvalue weighted by Crippen LogP contribution is 2.19. The quantitative estimate of drug-likeness (QED) is 0.0320. The van der Waals surface area contributed by atoms with E-state index in [-0.39, 0.29) is 18.5 Å². The van der Waals surface area contributed by atoms with E-state index in [0.29, 0.717) is 25.9 Å². The van der Waals surface area contributed by atoms with Crippen LogP contribution in [0.25, 0.3) is 0 Å². The van der Waals surface area contributed by atoms with Crippen molar-refractivity contribution < 1.29 is 24.5 Å². The van der Waals surface area contributed by atoms with Gasteiger partial charge in [-0.2, -0.15) is 0 Å². The second kappa shape index (κ2) is 73.5. The van der Waals surface area contributed by atoms with Gasteiger partial charge in [-0.25, -0.2) is 0 Å². The average Bonchev–Trinajstić information content (AvgIpc) is 3.52. The molecular weight excluding hydrogens is 1030 g/mol. The number of carbonyl (C=O) groups is 2. The molecule has 0 radical (unpaired) electrons. The van der Waals surface area contributed by atoms with Gasteiger partial charge in [0.15, 0.2) is 0 Å². The molecule has 0 saturated heterocycles. The number of rotatable bonds is 72. The molecule has 6 nitrogen and oxygen atoms in total.